The highest BCUT2D eigenvalue weighted by Gasteiger charge is 2.08. The lowest BCUT2D eigenvalue weighted by molar-refractivity contribution is 0.112. The summed E-state index contributed by atoms with van der Waals surface area (Å²) < 4.78 is 2.59. The van der Waals surface area contributed by atoms with E-state index in [1.807, 2.05) is 31.2 Å². The number of aldehydes is 1. The van der Waals surface area contributed by atoms with Crippen molar-refractivity contribution in [3.63, 3.8) is 0 Å². The van der Waals surface area contributed by atoms with E-state index in [2.05, 4.69) is 15.9 Å². The summed E-state index contributed by atoms with van der Waals surface area (Å²) in [7, 11) is 0. The smallest absolute Gasteiger partial charge is 0.261 e. The Hall–Kier alpha value is -1.68. The van der Waals surface area contributed by atoms with E-state index < -0.39 is 0 Å². The number of carbonyl (C=O) groups is 1. The van der Waals surface area contributed by atoms with Crippen LogP contribution in [0.1, 0.15) is 17.3 Å². The minimum Gasteiger partial charge on any atom is -0.308 e. The lowest BCUT2D eigenvalue weighted by atomic mass is 10.1. The number of halogens is 1. The molecule has 0 atom stereocenters. The van der Waals surface area contributed by atoms with Crippen molar-refractivity contribution in [2.24, 2.45) is 0 Å². The number of pyridine rings is 1. The van der Waals surface area contributed by atoms with Gasteiger partial charge in [-0.3, -0.25) is 9.59 Å². The Kier molecular flexibility index (Phi) is 3.77. The van der Waals surface area contributed by atoms with Crippen LogP contribution < -0.4 is 5.56 Å². The minimum absolute atomic E-state index is 0.192. The Morgan fingerprint density at radius 2 is 1.83 bits per heavy atom. The van der Waals surface area contributed by atoms with E-state index in [4.69, 9.17) is 0 Å². The summed E-state index contributed by atoms with van der Waals surface area (Å²) >= 11 is 3.38. The molecular formula is C14H12BrNO2. The van der Waals surface area contributed by atoms with Crippen molar-refractivity contribution in [2.75, 3.05) is 0 Å². The zero-order valence-electron chi connectivity index (χ0n) is 9.89. The fraction of sp³-hybridized carbons (Fsp3) is 0.143. The zero-order chi connectivity index (χ0) is 13.1. The molecule has 2 rings (SSSR count). The van der Waals surface area contributed by atoms with Crippen molar-refractivity contribution in [2.45, 2.75) is 13.5 Å². The molecule has 1 heterocycles. The summed E-state index contributed by atoms with van der Waals surface area (Å²) in [4.78, 5) is 22.8. The van der Waals surface area contributed by atoms with Crippen LogP contribution in [0.3, 0.4) is 0 Å². The summed E-state index contributed by atoms with van der Waals surface area (Å²) in [5.74, 6) is 0. The number of benzene rings is 1. The molecule has 92 valence electrons. The van der Waals surface area contributed by atoms with E-state index in [9.17, 15) is 9.59 Å². The van der Waals surface area contributed by atoms with Gasteiger partial charge in [0.05, 0.1) is 11.3 Å². The first-order valence-corrected chi connectivity index (χ1v) is 6.41. The van der Waals surface area contributed by atoms with Gasteiger partial charge in [-0.05, 0) is 36.8 Å². The number of rotatable bonds is 3. The van der Waals surface area contributed by atoms with E-state index in [0.29, 0.717) is 12.8 Å². The fourth-order valence-corrected chi connectivity index (χ4v) is 2.14. The average Bonchev–Trinajstić information content (AvgIpc) is 2.39. The number of aromatic nitrogens is 1. The van der Waals surface area contributed by atoms with Crippen molar-refractivity contribution in [3.05, 3.63) is 56.8 Å². The Morgan fingerprint density at radius 1 is 1.17 bits per heavy atom. The molecule has 0 amide bonds. The van der Waals surface area contributed by atoms with E-state index in [1.165, 1.54) is 0 Å². The van der Waals surface area contributed by atoms with Gasteiger partial charge in [0.2, 0.25) is 0 Å². The van der Waals surface area contributed by atoms with Gasteiger partial charge >= 0.3 is 0 Å². The Bertz CT molecular complexity index is 629. The van der Waals surface area contributed by atoms with Gasteiger partial charge in [-0.1, -0.05) is 28.1 Å². The van der Waals surface area contributed by atoms with Crippen LogP contribution in [0.25, 0.3) is 11.3 Å². The SMILES string of the molecule is CCn1c(-c2ccc(Br)cc2)ccc(C=O)c1=O. The van der Waals surface area contributed by atoms with E-state index >= 15 is 0 Å². The monoisotopic (exact) mass is 305 g/mol. The maximum absolute atomic E-state index is 12.0. The van der Waals surface area contributed by atoms with Gasteiger partial charge in [0, 0.05) is 11.0 Å². The second-order valence-corrected chi connectivity index (χ2v) is 4.76. The Balaban J connectivity index is 2.65. The first-order chi connectivity index (χ1) is 8.67. The molecule has 1 aromatic carbocycles. The normalized spacial score (nSPS) is 10.3. The summed E-state index contributed by atoms with van der Waals surface area (Å²) in [6.45, 7) is 2.42. The summed E-state index contributed by atoms with van der Waals surface area (Å²) in [5, 5.41) is 0. The van der Waals surface area contributed by atoms with E-state index in [0.717, 1.165) is 15.7 Å². The zero-order valence-corrected chi connectivity index (χ0v) is 11.5. The van der Waals surface area contributed by atoms with Crippen LogP contribution in [-0.4, -0.2) is 10.9 Å². The lowest BCUT2D eigenvalue weighted by Crippen LogP contribution is -2.24. The summed E-state index contributed by atoms with van der Waals surface area (Å²) in [6.07, 6.45) is 0.597. The number of hydrogen-bond acceptors (Lipinski definition) is 2. The van der Waals surface area contributed by atoms with Crippen LogP contribution >= 0.6 is 15.9 Å². The first kappa shape index (κ1) is 12.8. The Morgan fingerprint density at radius 3 is 2.39 bits per heavy atom. The molecule has 0 aliphatic heterocycles. The molecule has 0 fully saturated rings. The highest BCUT2D eigenvalue weighted by Crippen LogP contribution is 2.20. The predicted octanol–water partition coefficient (Wildman–Crippen LogP) is 3.11. The Labute approximate surface area is 113 Å². The first-order valence-electron chi connectivity index (χ1n) is 5.62. The van der Waals surface area contributed by atoms with Crippen LogP contribution in [0.2, 0.25) is 0 Å². The molecule has 4 heteroatoms. The summed E-state index contributed by atoms with van der Waals surface area (Å²) in [6, 6.07) is 11.1. The van der Waals surface area contributed by atoms with Crippen LogP contribution in [-0.2, 0) is 6.54 Å². The molecule has 3 nitrogen and oxygen atoms in total. The molecule has 0 unspecified atom stereocenters. The number of nitrogens with zero attached hydrogens (tertiary/aromatic N) is 1. The quantitative estimate of drug-likeness (QED) is 0.817. The van der Waals surface area contributed by atoms with Crippen molar-refractivity contribution >= 4 is 22.2 Å². The van der Waals surface area contributed by atoms with E-state index in [1.54, 1.807) is 16.7 Å². The molecule has 0 spiro atoms. The molecule has 0 saturated heterocycles. The van der Waals surface area contributed by atoms with Crippen LogP contribution in [0.5, 0.6) is 0 Å². The molecule has 0 N–H and O–H groups in total. The standard InChI is InChI=1S/C14H12BrNO2/c1-2-16-13(8-5-11(9-17)14(16)18)10-3-6-12(15)7-4-10/h3-9H,2H2,1H3. The highest BCUT2D eigenvalue weighted by molar-refractivity contribution is 9.10. The third kappa shape index (κ3) is 2.29. The largest absolute Gasteiger partial charge is 0.308 e. The van der Waals surface area contributed by atoms with E-state index in [-0.39, 0.29) is 11.1 Å². The molecular weight excluding hydrogens is 294 g/mol. The molecule has 18 heavy (non-hydrogen) atoms. The molecule has 1 aromatic heterocycles. The number of hydrogen-bond donors (Lipinski definition) is 0. The van der Waals surface area contributed by atoms with Crippen molar-refractivity contribution in [3.8, 4) is 11.3 Å². The predicted molar refractivity (Wildman–Crippen MR) is 74.9 cm³/mol. The third-order valence-corrected chi connectivity index (χ3v) is 3.32. The van der Waals surface area contributed by atoms with Gasteiger partial charge in [0.15, 0.2) is 6.29 Å². The lowest BCUT2D eigenvalue weighted by Gasteiger charge is -2.11. The van der Waals surface area contributed by atoms with Gasteiger partial charge in [-0.25, -0.2) is 0 Å². The van der Waals surface area contributed by atoms with Crippen molar-refractivity contribution in [1.82, 2.24) is 4.57 Å². The van der Waals surface area contributed by atoms with Crippen LogP contribution in [0.15, 0.2) is 45.7 Å². The second-order valence-electron chi connectivity index (χ2n) is 3.85. The van der Waals surface area contributed by atoms with Gasteiger partial charge in [-0.15, -0.1) is 0 Å². The van der Waals surface area contributed by atoms with Gasteiger partial charge < -0.3 is 4.57 Å². The average molecular weight is 306 g/mol. The summed E-state index contributed by atoms with van der Waals surface area (Å²) in [5.41, 5.74) is 1.72. The molecule has 0 bridgehead atoms. The van der Waals surface area contributed by atoms with Crippen LogP contribution in [0.4, 0.5) is 0 Å². The third-order valence-electron chi connectivity index (χ3n) is 2.79. The second kappa shape index (κ2) is 5.31. The molecule has 0 radical (unpaired) electrons. The topological polar surface area (TPSA) is 39.1 Å². The molecule has 0 aliphatic carbocycles. The van der Waals surface area contributed by atoms with Gasteiger partial charge in [0.1, 0.15) is 0 Å². The molecule has 0 aliphatic rings. The minimum atomic E-state index is -0.243. The van der Waals surface area contributed by atoms with Gasteiger partial charge in [-0.2, -0.15) is 0 Å². The maximum atomic E-state index is 12.0. The molecule has 0 saturated carbocycles. The number of carbonyl (C=O) groups excluding carboxylic acids is 1. The van der Waals surface area contributed by atoms with Crippen molar-refractivity contribution < 1.29 is 4.79 Å². The van der Waals surface area contributed by atoms with Gasteiger partial charge in [0.25, 0.3) is 5.56 Å². The molecule has 2 aromatic rings. The van der Waals surface area contributed by atoms with Crippen molar-refractivity contribution in [1.29, 1.82) is 0 Å². The highest BCUT2D eigenvalue weighted by atomic mass is 79.9. The van der Waals surface area contributed by atoms with Crippen LogP contribution in [0, 0.1) is 0 Å². The maximum Gasteiger partial charge on any atom is 0.261 e. The fourth-order valence-electron chi connectivity index (χ4n) is 1.87.